The topological polar surface area (TPSA) is 58.2 Å². The second-order valence-corrected chi connectivity index (χ2v) is 6.69. The molecule has 0 aliphatic rings. The summed E-state index contributed by atoms with van der Waals surface area (Å²) in [6.45, 7) is 4.54. The Morgan fingerprint density at radius 2 is 1.69 bits per heavy atom. The van der Waals surface area contributed by atoms with Crippen LogP contribution >= 0.6 is 11.6 Å². The largest absolute Gasteiger partial charge is 0.352 e. The van der Waals surface area contributed by atoms with Gasteiger partial charge in [-0.05, 0) is 55.2 Å². The van der Waals surface area contributed by atoms with Gasteiger partial charge >= 0.3 is 0 Å². The predicted octanol–water partition coefficient (Wildman–Crippen LogP) is 4.29. The van der Waals surface area contributed by atoms with Gasteiger partial charge in [-0.2, -0.15) is 0 Å². The fourth-order valence-corrected chi connectivity index (χ4v) is 2.72. The second-order valence-electron chi connectivity index (χ2n) is 6.25. The van der Waals surface area contributed by atoms with Crippen LogP contribution in [0.25, 0.3) is 0 Å². The van der Waals surface area contributed by atoms with Gasteiger partial charge in [0.05, 0.1) is 6.04 Å². The average Bonchev–Trinajstić information content (AvgIpc) is 2.65. The molecule has 2 N–H and O–H groups in total. The molecule has 0 saturated carbocycles. The summed E-state index contributed by atoms with van der Waals surface area (Å²) >= 11 is 5.80. The first-order chi connectivity index (χ1) is 12.5. The van der Waals surface area contributed by atoms with E-state index in [4.69, 9.17) is 11.6 Å². The maximum Gasteiger partial charge on any atom is 0.251 e. The molecule has 26 heavy (non-hydrogen) atoms. The third-order valence-corrected chi connectivity index (χ3v) is 4.49. The van der Waals surface area contributed by atoms with Crippen molar-refractivity contribution in [2.75, 3.05) is 6.54 Å². The van der Waals surface area contributed by atoms with E-state index in [1.807, 2.05) is 6.92 Å². The number of hydrogen-bond donors (Lipinski definition) is 2. The van der Waals surface area contributed by atoms with Crippen molar-refractivity contribution in [3.8, 4) is 0 Å². The second kappa shape index (κ2) is 9.97. The summed E-state index contributed by atoms with van der Waals surface area (Å²) in [6, 6.07) is 15.0. The number of nitrogens with one attached hydrogen (secondary N) is 2. The highest BCUT2D eigenvalue weighted by Crippen LogP contribution is 2.14. The lowest BCUT2D eigenvalue weighted by Gasteiger charge is -2.15. The molecule has 0 bridgehead atoms. The van der Waals surface area contributed by atoms with E-state index in [9.17, 15) is 9.59 Å². The number of hydrogen-bond acceptors (Lipinski definition) is 2. The first-order valence-electron chi connectivity index (χ1n) is 8.91. The van der Waals surface area contributed by atoms with Crippen molar-refractivity contribution in [1.82, 2.24) is 10.6 Å². The van der Waals surface area contributed by atoms with Crippen LogP contribution in [0.5, 0.6) is 0 Å². The van der Waals surface area contributed by atoms with Crippen LogP contribution in [-0.2, 0) is 11.2 Å². The minimum Gasteiger partial charge on any atom is -0.352 e. The first-order valence-corrected chi connectivity index (χ1v) is 9.29. The number of amides is 2. The van der Waals surface area contributed by atoms with Crippen molar-refractivity contribution in [2.24, 2.45) is 0 Å². The Balaban J connectivity index is 1.69. The first kappa shape index (κ1) is 20.0. The quantitative estimate of drug-likeness (QED) is 0.679. The Morgan fingerprint density at radius 3 is 2.31 bits per heavy atom. The smallest absolute Gasteiger partial charge is 0.251 e. The molecule has 4 nitrogen and oxygen atoms in total. The number of rotatable bonds is 8. The van der Waals surface area contributed by atoms with Gasteiger partial charge in [-0.25, -0.2) is 0 Å². The van der Waals surface area contributed by atoms with Crippen molar-refractivity contribution in [3.05, 3.63) is 70.2 Å². The Morgan fingerprint density at radius 1 is 1.04 bits per heavy atom. The Bertz CT molecular complexity index is 727. The summed E-state index contributed by atoms with van der Waals surface area (Å²) in [4.78, 5) is 24.0. The molecule has 0 aliphatic carbocycles. The standard InChI is InChI=1S/C21H25ClN2O2/c1-3-16-6-8-17(9-7-16)15(2)24-20(25)5-4-14-23-21(26)18-10-12-19(22)13-11-18/h6-13,15H,3-5,14H2,1-2H3,(H,23,26)(H,24,25). The molecule has 2 aromatic carbocycles. The van der Waals surface area contributed by atoms with Gasteiger partial charge in [-0.3, -0.25) is 9.59 Å². The zero-order valence-electron chi connectivity index (χ0n) is 15.2. The molecule has 0 radical (unpaired) electrons. The number of carbonyl (C=O) groups is 2. The summed E-state index contributed by atoms with van der Waals surface area (Å²) in [5.41, 5.74) is 2.93. The maximum atomic E-state index is 12.1. The molecule has 2 rings (SSSR count). The fraction of sp³-hybridized carbons (Fsp3) is 0.333. The van der Waals surface area contributed by atoms with Gasteiger partial charge in [0.15, 0.2) is 0 Å². The van der Waals surface area contributed by atoms with Crippen molar-refractivity contribution in [3.63, 3.8) is 0 Å². The lowest BCUT2D eigenvalue weighted by molar-refractivity contribution is -0.121. The van der Waals surface area contributed by atoms with Crippen molar-refractivity contribution in [2.45, 2.75) is 39.2 Å². The Labute approximate surface area is 159 Å². The molecule has 138 valence electrons. The van der Waals surface area contributed by atoms with Gasteiger partial charge in [0.25, 0.3) is 5.91 Å². The van der Waals surface area contributed by atoms with Crippen LogP contribution in [0.3, 0.4) is 0 Å². The van der Waals surface area contributed by atoms with Crippen LogP contribution in [0.4, 0.5) is 0 Å². The van der Waals surface area contributed by atoms with E-state index in [1.165, 1.54) is 5.56 Å². The van der Waals surface area contributed by atoms with Crippen LogP contribution in [0.15, 0.2) is 48.5 Å². The fourth-order valence-electron chi connectivity index (χ4n) is 2.59. The lowest BCUT2D eigenvalue weighted by Crippen LogP contribution is -2.29. The molecule has 2 aromatic rings. The molecule has 2 amide bonds. The van der Waals surface area contributed by atoms with E-state index in [2.05, 4.69) is 41.8 Å². The number of aryl methyl sites for hydroxylation is 1. The van der Waals surface area contributed by atoms with E-state index < -0.39 is 0 Å². The van der Waals surface area contributed by atoms with E-state index in [0.29, 0.717) is 30.0 Å². The van der Waals surface area contributed by atoms with Crippen molar-refractivity contribution in [1.29, 1.82) is 0 Å². The van der Waals surface area contributed by atoms with E-state index in [0.717, 1.165) is 12.0 Å². The monoisotopic (exact) mass is 372 g/mol. The van der Waals surface area contributed by atoms with Gasteiger partial charge in [0.2, 0.25) is 5.91 Å². The minimum atomic E-state index is -0.161. The molecule has 0 aliphatic heterocycles. The Hall–Kier alpha value is -2.33. The minimum absolute atomic E-state index is 0.0159. The Kier molecular flexibility index (Phi) is 7.67. The SMILES string of the molecule is CCc1ccc(C(C)NC(=O)CCCNC(=O)c2ccc(Cl)cc2)cc1. The molecule has 0 aromatic heterocycles. The third-order valence-electron chi connectivity index (χ3n) is 4.24. The lowest BCUT2D eigenvalue weighted by atomic mass is 10.0. The van der Waals surface area contributed by atoms with E-state index >= 15 is 0 Å². The zero-order chi connectivity index (χ0) is 18.9. The third kappa shape index (κ3) is 6.19. The molecule has 0 fully saturated rings. The molecule has 5 heteroatoms. The average molecular weight is 373 g/mol. The molecule has 0 heterocycles. The molecular formula is C21H25ClN2O2. The van der Waals surface area contributed by atoms with Crippen molar-refractivity contribution >= 4 is 23.4 Å². The highest BCUT2D eigenvalue weighted by molar-refractivity contribution is 6.30. The van der Waals surface area contributed by atoms with Gasteiger partial charge in [0.1, 0.15) is 0 Å². The molecule has 1 atom stereocenters. The summed E-state index contributed by atoms with van der Waals surface area (Å²) in [6.07, 6.45) is 1.97. The molecular weight excluding hydrogens is 348 g/mol. The van der Waals surface area contributed by atoms with E-state index in [-0.39, 0.29) is 17.9 Å². The van der Waals surface area contributed by atoms with Crippen LogP contribution in [-0.4, -0.2) is 18.4 Å². The summed E-state index contributed by atoms with van der Waals surface area (Å²) < 4.78 is 0. The molecule has 0 saturated heterocycles. The van der Waals surface area contributed by atoms with Crippen LogP contribution in [0.2, 0.25) is 5.02 Å². The van der Waals surface area contributed by atoms with Gasteiger partial charge in [-0.15, -0.1) is 0 Å². The molecule has 1 unspecified atom stereocenters. The summed E-state index contributed by atoms with van der Waals surface area (Å²) in [7, 11) is 0. The number of halogens is 1. The van der Waals surface area contributed by atoms with Crippen LogP contribution in [0.1, 0.15) is 54.2 Å². The highest BCUT2D eigenvalue weighted by atomic mass is 35.5. The zero-order valence-corrected chi connectivity index (χ0v) is 16.0. The van der Waals surface area contributed by atoms with Crippen molar-refractivity contribution < 1.29 is 9.59 Å². The highest BCUT2D eigenvalue weighted by Gasteiger charge is 2.10. The maximum absolute atomic E-state index is 12.1. The van der Waals surface area contributed by atoms with Gasteiger partial charge in [-0.1, -0.05) is 42.8 Å². The number of carbonyl (C=O) groups excluding carboxylic acids is 2. The normalized spacial score (nSPS) is 11.7. The van der Waals surface area contributed by atoms with Crippen LogP contribution < -0.4 is 10.6 Å². The summed E-state index contributed by atoms with van der Waals surface area (Å²) in [5.74, 6) is -0.177. The van der Waals surface area contributed by atoms with E-state index in [1.54, 1.807) is 24.3 Å². The summed E-state index contributed by atoms with van der Waals surface area (Å²) in [5, 5.41) is 6.40. The van der Waals surface area contributed by atoms with Gasteiger partial charge < -0.3 is 10.6 Å². The van der Waals surface area contributed by atoms with Gasteiger partial charge in [0, 0.05) is 23.6 Å². The molecule has 0 spiro atoms. The predicted molar refractivity (Wildman–Crippen MR) is 105 cm³/mol. The number of benzene rings is 2. The van der Waals surface area contributed by atoms with Crippen LogP contribution in [0, 0.1) is 0 Å².